The van der Waals surface area contributed by atoms with Gasteiger partial charge in [0.15, 0.2) is 0 Å². The lowest BCUT2D eigenvalue weighted by molar-refractivity contribution is -0.384. The standard InChI is InChI=1S/C16H18BrN2O5P/c1-4-23-25(22,24-5-2)13-6-7-14(11(3)8-13)16-15(19(20)21)9-12(17)10-18-16/h6-10H,4-5H2,1-3H3. The summed E-state index contributed by atoms with van der Waals surface area (Å²) in [6.07, 6.45) is 1.50. The van der Waals surface area contributed by atoms with Crippen molar-refractivity contribution in [3.05, 3.63) is 50.6 Å². The zero-order valence-electron chi connectivity index (χ0n) is 14.1. The van der Waals surface area contributed by atoms with Crippen LogP contribution in [0.25, 0.3) is 11.3 Å². The van der Waals surface area contributed by atoms with E-state index in [-0.39, 0.29) is 24.6 Å². The maximum absolute atomic E-state index is 12.9. The molecule has 0 atom stereocenters. The van der Waals surface area contributed by atoms with Gasteiger partial charge in [-0.05, 0) is 54.4 Å². The summed E-state index contributed by atoms with van der Waals surface area (Å²) in [6.45, 7) is 5.74. The molecule has 0 aliphatic heterocycles. The van der Waals surface area contributed by atoms with Crippen molar-refractivity contribution < 1.29 is 18.5 Å². The van der Waals surface area contributed by atoms with Crippen LogP contribution >= 0.6 is 23.5 Å². The number of nitrogens with zero attached hydrogens (tertiary/aromatic N) is 2. The lowest BCUT2D eigenvalue weighted by Crippen LogP contribution is -2.11. The Morgan fingerprint density at radius 3 is 2.40 bits per heavy atom. The van der Waals surface area contributed by atoms with Crippen LogP contribution in [-0.4, -0.2) is 23.1 Å². The van der Waals surface area contributed by atoms with Crippen LogP contribution in [0.5, 0.6) is 0 Å². The number of halogens is 1. The van der Waals surface area contributed by atoms with Gasteiger partial charge in [-0.15, -0.1) is 0 Å². The maximum Gasteiger partial charge on any atom is 0.361 e. The second-order valence-electron chi connectivity index (χ2n) is 5.11. The first kappa shape index (κ1) is 19.7. The fourth-order valence-electron chi connectivity index (χ4n) is 2.39. The summed E-state index contributed by atoms with van der Waals surface area (Å²) in [7, 11) is -3.41. The van der Waals surface area contributed by atoms with Gasteiger partial charge in [-0.2, -0.15) is 0 Å². The summed E-state index contributed by atoms with van der Waals surface area (Å²) in [5.41, 5.74) is 1.42. The van der Waals surface area contributed by atoms with Crippen LogP contribution in [0.15, 0.2) is 34.9 Å². The Hall–Kier alpha value is -1.60. The van der Waals surface area contributed by atoms with Crippen LogP contribution in [0, 0.1) is 17.0 Å². The molecule has 0 saturated carbocycles. The quantitative estimate of drug-likeness (QED) is 0.363. The van der Waals surface area contributed by atoms with Gasteiger partial charge >= 0.3 is 7.60 Å². The molecule has 0 amide bonds. The van der Waals surface area contributed by atoms with E-state index >= 15 is 0 Å². The Morgan fingerprint density at radius 1 is 1.24 bits per heavy atom. The number of rotatable bonds is 7. The second-order valence-corrected chi connectivity index (χ2v) is 8.05. The summed E-state index contributed by atoms with van der Waals surface area (Å²) in [4.78, 5) is 15.0. The van der Waals surface area contributed by atoms with Crippen molar-refractivity contribution in [2.45, 2.75) is 20.8 Å². The molecule has 1 aromatic carbocycles. The Balaban J connectivity index is 2.54. The molecule has 2 rings (SSSR count). The highest BCUT2D eigenvalue weighted by Crippen LogP contribution is 2.47. The van der Waals surface area contributed by atoms with Gasteiger partial charge in [-0.1, -0.05) is 6.07 Å². The predicted molar refractivity (Wildman–Crippen MR) is 99.3 cm³/mol. The molecular weight excluding hydrogens is 411 g/mol. The van der Waals surface area contributed by atoms with Gasteiger partial charge in [0.05, 0.1) is 23.4 Å². The van der Waals surface area contributed by atoms with E-state index in [4.69, 9.17) is 9.05 Å². The van der Waals surface area contributed by atoms with Crippen LogP contribution in [0.1, 0.15) is 19.4 Å². The van der Waals surface area contributed by atoms with Crippen molar-refractivity contribution >= 4 is 34.5 Å². The highest BCUT2D eigenvalue weighted by Gasteiger charge is 2.28. The molecule has 1 heterocycles. The number of hydrogen-bond acceptors (Lipinski definition) is 6. The molecule has 1 aromatic heterocycles. The molecule has 25 heavy (non-hydrogen) atoms. The molecule has 0 fully saturated rings. The average Bonchev–Trinajstić information content (AvgIpc) is 2.55. The molecule has 0 aliphatic carbocycles. The highest BCUT2D eigenvalue weighted by molar-refractivity contribution is 9.10. The van der Waals surface area contributed by atoms with Crippen molar-refractivity contribution in [1.82, 2.24) is 4.98 Å². The monoisotopic (exact) mass is 428 g/mol. The van der Waals surface area contributed by atoms with E-state index in [1.807, 2.05) is 0 Å². The molecule has 0 N–H and O–H groups in total. The molecule has 0 radical (unpaired) electrons. The SMILES string of the molecule is CCOP(=O)(OCC)c1ccc(-c2ncc(Br)cc2[N+](=O)[O-])c(C)c1. The lowest BCUT2D eigenvalue weighted by atomic mass is 10.0. The first-order valence-corrected chi connectivity index (χ1v) is 9.96. The summed E-state index contributed by atoms with van der Waals surface area (Å²) in [5.74, 6) is 0. The number of nitro groups is 1. The Bertz CT molecular complexity index is 833. The molecule has 0 saturated heterocycles. The van der Waals surface area contributed by atoms with Crippen molar-refractivity contribution in [2.75, 3.05) is 13.2 Å². The summed E-state index contributed by atoms with van der Waals surface area (Å²) in [6, 6.07) is 6.32. The Labute approximate surface area is 154 Å². The van der Waals surface area contributed by atoms with Gasteiger partial charge in [0, 0.05) is 22.3 Å². The topological polar surface area (TPSA) is 91.6 Å². The average molecular weight is 429 g/mol. The van der Waals surface area contributed by atoms with Gasteiger partial charge in [0.2, 0.25) is 0 Å². The zero-order valence-corrected chi connectivity index (χ0v) is 16.5. The highest BCUT2D eigenvalue weighted by atomic mass is 79.9. The predicted octanol–water partition coefficient (Wildman–Crippen LogP) is 4.62. The lowest BCUT2D eigenvalue weighted by Gasteiger charge is -2.18. The zero-order chi connectivity index (χ0) is 18.6. The minimum atomic E-state index is -3.41. The Morgan fingerprint density at radius 2 is 1.88 bits per heavy atom. The van der Waals surface area contributed by atoms with Crippen LogP contribution in [0.3, 0.4) is 0 Å². The van der Waals surface area contributed by atoms with Gasteiger partial charge in [-0.3, -0.25) is 14.7 Å². The fourth-order valence-corrected chi connectivity index (χ4v) is 4.37. The van der Waals surface area contributed by atoms with Gasteiger partial charge < -0.3 is 9.05 Å². The maximum atomic E-state index is 12.9. The van der Waals surface area contributed by atoms with Gasteiger partial charge in [0.25, 0.3) is 5.69 Å². The number of aryl methyl sites for hydroxylation is 1. The summed E-state index contributed by atoms with van der Waals surface area (Å²) in [5, 5.41) is 11.7. The van der Waals surface area contributed by atoms with E-state index < -0.39 is 12.5 Å². The molecule has 9 heteroatoms. The third kappa shape index (κ3) is 4.33. The van der Waals surface area contributed by atoms with Crippen LogP contribution < -0.4 is 5.30 Å². The molecule has 0 bridgehead atoms. The first-order valence-electron chi connectivity index (χ1n) is 7.63. The van der Waals surface area contributed by atoms with Gasteiger partial charge in [0.1, 0.15) is 5.69 Å². The van der Waals surface area contributed by atoms with Crippen LogP contribution in [0.2, 0.25) is 0 Å². The van der Waals surface area contributed by atoms with Crippen molar-refractivity contribution in [2.24, 2.45) is 0 Å². The fraction of sp³-hybridized carbons (Fsp3) is 0.312. The van der Waals surface area contributed by atoms with E-state index in [2.05, 4.69) is 20.9 Å². The minimum absolute atomic E-state index is 0.108. The Kier molecular flexibility index (Phi) is 6.46. The van der Waals surface area contributed by atoms with E-state index in [0.29, 0.717) is 20.9 Å². The second kappa shape index (κ2) is 8.19. The van der Waals surface area contributed by atoms with E-state index in [1.54, 1.807) is 39.0 Å². The van der Waals surface area contributed by atoms with Crippen molar-refractivity contribution in [1.29, 1.82) is 0 Å². The van der Waals surface area contributed by atoms with Gasteiger partial charge in [-0.25, -0.2) is 4.98 Å². The van der Waals surface area contributed by atoms with Crippen molar-refractivity contribution in [3.8, 4) is 11.3 Å². The largest absolute Gasteiger partial charge is 0.361 e. The van der Waals surface area contributed by atoms with E-state index in [9.17, 15) is 14.7 Å². The normalized spacial score (nSPS) is 11.5. The molecule has 7 nitrogen and oxygen atoms in total. The van der Waals surface area contributed by atoms with Crippen molar-refractivity contribution in [3.63, 3.8) is 0 Å². The molecule has 0 unspecified atom stereocenters. The van der Waals surface area contributed by atoms with Crippen LogP contribution in [0.4, 0.5) is 5.69 Å². The number of hydrogen-bond donors (Lipinski definition) is 0. The van der Waals surface area contributed by atoms with E-state index in [0.717, 1.165) is 0 Å². The van der Waals surface area contributed by atoms with E-state index in [1.165, 1.54) is 12.3 Å². The molecule has 0 spiro atoms. The molecule has 2 aromatic rings. The molecular formula is C16H18BrN2O5P. The molecule has 134 valence electrons. The van der Waals surface area contributed by atoms with Crippen LogP contribution in [-0.2, 0) is 13.6 Å². The first-order chi connectivity index (χ1) is 11.8. The minimum Gasteiger partial charge on any atom is -0.305 e. The number of aromatic nitrogens is 1. The molecule has 0 aliphatic rings. The number of benzene rings is 1. The third-order valence-corrected chi connectivity index (χ3v) is 5.95. The smallest absolute Gasteiger partial charge is 0.305 e. The number of pyridine rings is 1. The third-order valence-electron chi connectivity index (χ3n) is 3.41. The summed E-state index contributed by atoms with van der Waals surface area (Å²) < 4.78 is 24.1. The summed E-state index contributed by atoms with van der Waals surface area (Å²) >= 11 is 3.19.